The molecule has 0 aliphatic rings. The lowest BCUT2D eigenvalue weighted by Gasteiger charge is -2.22. The number of carbonyl (C=O) groups is 3. The number of hydrogen-bond donors (Lipinski definition) is 6. The van der Waals surface area contributed by atoms with Crippen LogP contribution in [0.25, 0.3) is 0 Å². The van der Waals surface area contributed by atoms with Crippen LogP contribution in [0, 0.1) is 0 Å². The van der Waals surface area contributed by atoms with Crippen LogP contribution in [0.5, 0.6) is 0 Å². The largest absolute Gasteiger partial charge is 0.480 e. The lowest BCUT2D eigenvalue weighted by atomic mass is 10.0. The van der Waals surface area contributed by atoms with Gasteiger partial charge in [-0.25, -0.2) is 4.57 Å². The van der Waals surface area contributed by atoms with Crippen molar-refractivity contribution in [3.8, 4) is 0 Å². The van der Waals surface area contributed by atoms with Crippen LogP contribution in [0.4, 0.5) is 0 Å². The number of phosphoric acid groups is 1. The third-order valence-electron chi connectivity index (χ3n) is 8.86. The number of carbonyl (C=O) groups excluding carboxylic acids is 2. The van der Waals surface area contributed by atoms with E-state index in [2.05, 4.69) is 18.4 Å². The second-order valence-corrected chi connectivity index (χ2v) is 15.1. The summed E-state index contributed by atoms with van der Waals surface area (Å²) in [6.45, 7) is 3.18. The van der Waals surface area contributed by atoms with Crippen molar-refractivity contribution >= 4 is 25.5 Å². The molecule has 0 spiro atoms. The molecule has 0 amide bonds. The number of phosphoric ester groups is 1. The minimum atomic E-state index is -4.83. The van der Waals surface area contributed by atoms with Crippen molar-refractivity contribution in [2.45, 2.75) is 212 Å². The molecule has 0 saturated heterocycles. The number of ether oxygens (including phenoxy) is 1. The van der Waals surface area contributed by atoms with Gasteiger partial charge in [-0.05, 0) is 12.8 Å². The summed E-state index contributed by atoms with van der Waals surface area (Å²) in [5.41, 5.74) is 4.77. The van der Waals surface area contributed by atoms with Crippen LogP contribution in [0.2, 0.25) is 0 Å². The second-order valence-electron chi connectivity index (χ2n) is 13.8. The number of unbranched alkanes of at least 4 members (excludes halogenated alkanes) is 24. The van der Waals surface area contributed by atoms with Gasteiger partial charge >= 0.3 is 19.8 Å². The van der Waals surface area contributed by atoms with Crippen LogP contribution in [0.15, 0.2) is 0 Å². The van der Waals surface area contributed by atoms with Gasteiger partial charge in [0, 0.05) is 12.8 Å². The quantitative estimate of drug-likeness (QED) is 0.0203. The predicted molar refractivity (Wildman–Crippen MR) is 202 cm³/mol. The fourth-order valence-corrected chi connectivity index (χ4v) is 5.99. The fourth-order valence-electron chi connectivity index (χ4n) is 5.64. The number of aliphatic hydroxyl groups excluding tert-OH is 2. The van der Waals surface area contributed by atoms with Gasteiger partial charge in [-0.2, -0.15) is 0 Å². The Bertz CT molecular complexity index is 871. The summed E-state index contributed by atoms with van der Waals surface area (Å²) < 4.78 is 20.8. The van der Waals surface area contributed by atoms with E-state index >= 15 is 0 Å². The normalized spacial score (nSPS) is 13.2. The first-order valence-corrected chi connectivity index (χ1v) is 21.6. The van der Waals surface area contributed by atoms with E-state index in [0.29, 0.717) is 12.8 Å². The van der Waals surface area contributed by atoms with E-state index in [9.17, 15) is 24.1 Å². The van der Waals surface area contributed by atoms with Crippen molar-refractivity contribution in [1.82, 2.24) is 0 Å². The van der Waals surface area contributed by atoms with Gasteiger partial charge in [0.05, 0.1) is 13.2 Å². The molecule has 0 saturated carbocycles. The Balaban J connectivity index is 0. The number of carboxylic acids is 1. The number of aliphatic hydroxyl groups is 2. The highest BCUT2D eigenvalue weighted by Gasteiger charge is 2.32. The molecule has 7 N–H and O–H groups in total. The fraction of sp³-hybridized carbons (Fsp3) is 0.921. The summed E-state index contributed by atoms with van der Waals surface area (Å²) in [6.07, 6.45) is 28.0. The number of nitrogens with two attached hydrogens (primary N) is 1. The van der Waals surface area contributed by atoms with Crippen LogP contribution in [-0.4, -0.2) is 74.3 Å². The maximum atomic E-state index is 12.8. The van der Waals surface area contributed by atoms with E-state index in [1.54, 1.807) is 0 Å². The first kappa shape index (κ1) is 51.7. The molecule has 51 heavy (non-hydrogen) atoms. The Morgan fingerprint density at radius 2 is 0.941 bits per heavy atom. The minimum absolute atomic E-state index is 0.140. The zero-order chi connectivity index (χ0) is 38.6. The second kappa shape index (κ2) is 36.9. The van der Waals surface area contributed by atoms with Crippen LogP contribution < -0.4 is 5.73 Å². The standard InChI is InChI=1S/C35H69O8P.C3H7NO3/c1-3-5-7-9-11-13-15-17-19-21-23-25-27-29-32(36)35(33(37)31-42-44(39,40)41)43-34(38)30-28-26-24-22-20-18-16-14-12-10-8-6-4-2;4-2(1-5)3(6)7/h33,35,37H,3-31H2,1-2H3,(H2,39,40,41);2,5H,1,4H2,(H,6,7). The minimum Gasteiger partial charge on any atom is -0.480 e. The van der Waals surface area contributed by atoms with E-state index < -0.39 is 57.0 Å². The number of ketones is 1. The van der Waals surface area contributed by atoms with Crippen molar-refractivity contribution in [2.75, 3.05) is 13.2 Å². The van der Waals surface area contributed by atoms with E-state index in [-0.39, 0.29) is 12.8 Å². The topological polar surface area (TPSA) is 214 Å². The highest BCUT2D eigenvalue weighted by Crippen LogP contribution is 2.36. The van der Waals surface area contributed by atoms with Crippen molar-refractivity contribution in [3.63, 3.8) is 0 Å². The third-order valence-corrected chi connectivity index (χ3v) is 9.35. The van der Waals surface area contributed by atoms with Gasteiger partial charge in [0.15, 0.2) is 11.9 Å². The van der Waals surface area contributed by atoms with Crippen LogP contribution >= 0.6 is 7.82 Å². The number of esters is 1. The number of rotatable bonds is 36. The zero-order valence-corrected chi connectivity index (χ0v) is 33.0. The maximum Gasteiger partial charge on any atom is 0.469 e. The van der Waals surface area contributed by atoms with Crippen LogP contribution in [0.3, 0.4) is 0 Å². The van der Waals surface area contributed by atoms with E-state index in [4.69, 9.17) is 30.5 Å². The monoisotopic (exact) mass is 754 g/mol. The Morgan fingerprint density at radius 3 is 1.24 bits per heavy atom. The predicted octanol–water partition coefficient (Wildman–Crippen LogP) is 8.29. The number of Topliss-reactive ketones (excluding diaryl/α,β-unsaturated/α-hetero) is 1. The molecule has 3 unspecified atom stereocenters. The molecule has 0 fully saturated rings. The molecule has 0 bridgehead atoms. The van der Waals surface area contributed by atoms with Gasteiger partial charge in [0.2, 0.25) is 0 Å². The van der Waals surface area contributed by atoms with Crippen molar-refractivity contribution in [1.29, 1.82) is 0 Å². The lowest BCUT2D eigenvalue weighted by Crippen LogP contribution is -2.40. The first-order chi connectivity index (χ1) is 24.4. The molecule has 0 heterocycles. The highest BCUT2D eigenvalue weighted by atomic mass is 31.2. The smallest absolute Gasteiger partial charge is 0.469 e. The maximum absolute atomic E-state index is 12.8. The average molecular weight is 754 g/mol. The first-order valence-electron chi connectivity index (χ1n) is 20.1. The average Bonchev–Trinajstić information content (AvgIpc) is 3.09. The van der Waals surface area contributed by atoms with Gasteiger partial charge in [-0.3, -0.25) is 18.9 Å². The molecule has 13 heteroatoms. The molecule has 0 aliphatic heterocycles. The van der Waals surface area contributed by atoms with Crippen molar-refractivity contribution in [2.24, 2.45) is 5.73 Å². The van der Waals surface area contributed by atoms with Gasteiger partial charge < -0.3 is 35.6 Å². The highest BCUT2D eigenvalue weighted by molar-refractivity contribution is 7.46. The molecule has 12 nitrogen and oxygen atoms in total. The number of aliphatic carboxylic acids is 1. The van der Waals surface area contributed by atoms with E-state index in [1.807, 2.05) is 0 Å². The molecule has 0 aromatic carbocycles. The van der Waals surface area contributed by atoms with Gasteiger partial charge in [0.1, 0.15) is 12.1 Å². The molecule has 0 aromatic heterocycles. The summed E-state index contributed by atoms with van der Waals surface area (Å²) in [7, 11) is -4.83. The number of hydrogen-bond acceptors (Lipinski definition) is 9. The van der Waals surface area contributed by atoms with Crippen LogP contribution in [-0.2, 0) is 28.2 Å². The van der Waals surface area contributed by atoms with Crippen molar-refractivity contribution in [3.05, 3.63) is 0 Å². The number of carboxylic acid groups (broad SMARTS) is 1. The SMILES string of the molecule is CCCCCCCCCCCCCCCC(=O)OC(C(=O)CCCCCCCCCCCCCCC)C(O)COP(=O)(O)O.NC(CO)C(=O)O. The summed E-state index contributed by atoms with van der Waals surface area (Å²) in [5.74, 6) is -2.19. The third kappa shape index (κ3) is 38.1. The van der Waals surface area contributed by atoms with E-state index in [0.717, 1.165) is 38.5 Å². The zero-order valence-electron chi connectivity index (χ0n) is 32.2. The van der Waals surface area contributed by atoms with E-state index in [1.165, 1.54) is 116 Å². The van der Waals surface area contributed by atoms with Gasteiger partial charge in [0.25, 0.3) is 0 Å². The molecule has 0 rings (SSSR count). The van der Waals surface area contributed by atoms with Gasteiger partial charge in [-0.15, -0.1) is 0 Å². The molecule has 0 radical (unpaired) electrons. The Kier molecular flexibility index (Phi) is 37.4. The Labute approximate surface area is 309 Å². The van der Waals surface area contributed by atoms with Crippen molar-refractivity contribution < 1.29 is 53.3 Å². The molecule has 0 aromatic rings. The molecular weight excluding hydrogens is 677 g/mol. The Hall–Kier alpha value is -1.40. The van der Waals surface area contributed by atoms with Crippen LogP contribution in [0.1, 0.15) is 194 Å². The summed E-state index contributed by atoms with van der Waals surface area (Å²) in [6, 6.07) is -1.13. The summed E-state index contributed by atoms with van der Waals surface area (Å²) in [5, 5.41) is 26.3. The molecule has 0 aliphatic carbocycles. The summed E-state index contributed by atoms with van der Waals surface area (Å²) in [4.78, 5) is 52.9. The van der Waals surface area contributed by atoms with Gasteiger partial charge in [-0.1, -0.05) is 168 Å². The Morgan fingerprint density at radius 1 is 0.608 bits per heavy atom. The lowest BCUT2D eigenvalue weighted by molar-refractivity contribution is -0.163. The summed E-state index contributed by atoms with van der Waals surface area (Å²) >= 11 is 0. The molecule has 304 valence electrons. The molecule has 3 atom stereocenters. The molecular formula is C38H76NO11P.